The van der Waals surface area contributed by atoms with Gasteiger partial charge < -0.3 is 9.84 Å². The molecule has 1 saturated heterocycles. The summed E-state index contributed by atoms with van der Waals surface area (Å²) in [4.78, 5) is 4.45. The van der Waals surface area contributed by atoms with Crippen LogP contribution in [-0.4, -0.2) is 16.7 Å². The zero-order chi connectivity index (χ0) is 11.0. The average molecular weight is 235 g/mol. The minimum atomic E-state index is 0.222. The molecule has 0 amide bonds. The van der Waals surface area contributed by atoms with Crippen molar-refractivity contribution in [3.05, 3.63) is 22.7 Å². The van der Waals surface area contributed by atoms with Crippen molar-refractivity contribution in [1.82, 2.24) is 15.5 Å². The van der Waals surface area contributed by atoms with Crippen LogP contribution in [0.4, 0.5) is 0 Å². The van der Waals surface area contributed by atoms with E-state index in [9.17, 15) is 0 Å². The summed E-state index contributed by atoms with van der Waals surface area (Å²) in [7, 11) is 0. The van der Waals surface area contributed by atoms with E-state index < -0.39 is 0 Å². The smallest absolute Gasteiger partial charge is 0.244 e. The fourth-order valence-electron chi connectivity index (χ4n) is 2.04. The Morgan fingerprint density at radius 1 is 1.56 bits per heavy atom. The van der Waals surface area contributed by atoms with Gasteiger partial charge in [-0.15, -0.1) is 0 Å². The molecule has 3 heterocycles. The first-order valence-corrected chi connectivity index (χ1v) is 6.38. The van der Waals surface area contributed by atoms with E-state index in [2.05, 4.69) is 22.4 Å². The molecule has 5 heteroatoms. The van der Waals surface area contributed by atoms with Gasteiger partial charge in [-0.2, -0.15) is 16.3 Å². The number of nitrogens with one attached hydrogen (secondary N) is 1. The number of rotatable bonds is 2. The monoisotopic (exact) mass is 235 g/mol. The molecule has 0 bridgehead atoms. The van der Waals surface area contributed by atoms with Gasteiger partial charge >= 0.3 is 0 Å². The fraction of sp³-hybridized carbons (Fsp3) is 0.455. The summed E-state index contributed by atoms with van der Waals surface area (Å²) in [5.74, 6) is 1.97. The van der Waals surface area contributed by atoms with Crippen molar-refractivity contribution >= 4 is 11.3 Å². The number of aromatic nitrogens is 2. The minimum absolute atomic E-state index is 0.222. The Morgan fingerprint density at radius 3 is 3.19 bits per heavy atom. The van der Waals surface area contributed by atoms with Gasteiger partial charge in [0.1, 0.15) is 0 Å². The molecular weight excluding hydrogens is 222 g/mol. The first kappa shape index (κ1) is 9.99. The highest BCUT2D eigenvalue weighted by molar-refractivity contribution is 7.08. The Balaban J connectivity index is 1.88. The van der Waals surface area contributed by atoms with Crippen LogP contribution in [0.5, 0.6) is 0 Å². The predicted molar refractivity (Wildman–Crippen MR) is 62.1 cm³/mol. The Morgan fingerprint density at radius 2 is 2.50 bits per heavy atom. The second-order valence-corrected chi connectivity index (χ2v) is 4.95. The second-order valence-electron chi connectivity index (χ2n) is 4.17. The molecule has 84 valence electrons. The molecule has 0 spiro atoms. The van der Waals surface area contributed by atoms with Crippen molar-refractivity contribution in [2.45, 2.75) is 19.4 Å². The van der Waals surface area contributed by atoms with Crippen molar-refractivity contribution in [2.75, 3.05) is 6.54 Å². The van der Waals surface area contributed by atoms with E-state index in [1.807, 2.05) is 16.8 Å². The molecule has 2 aromatic heterocycles. The van der Waals surface area contributed by atoms with Gasteiger partial charge in [0.15, 0.2) is 0 Å². The summed E-state index contributed by atoms with van der Waals surface area (Å²) in [5, 5.41) is 11.4. The van der Waals surface area contributed by atoms with Crippen LogP contribution in [-0.2, 0) is 0 Å². The summed E-state index contributed by atoms with van der Waals surface area (Å²) in [6, 6.07) is 2.23. The van der Waals surface area contributed by atoms with Gasteiger partial charge in [0.2, 0.25) is 11.7 Å². The molecule has 0 aliphatic carbocycles. The molecule has 1 aliphatic rings. The van der Waals surface area contributed by atoms with E-state index in [1.165, 1.54) is 6.42 Å². The summed E-state index contributed by atoms with van der Waals surface area (Å²) in [6.45, 7) is 3.24. The molecule has 0 saturated carbocycles. The Kier molecular flexibility index (Phi) is 2.49. The first-order chi connectivity index (χ1) is 7.84. The van der Waals surface area contributed by atoms with Gasteiger partial charge in [-0.05, 0) is 30.3 Å². The topological polar surface area (TPSA) is 51.0 Å². The zero-order valence-electron chi connectivity index (χ0n) is 9.01. The highest BCUT2D eigenvalue weighted by atomic mass is 32.1. The van der Waals surface area contributed by atoms with E-state index in [0.717, 1.165) is 12.1 Å². The summed E-state index contributed by atoms with van der Waals surface area (Å²) >= 11 is 1.64. The summed E-state index contributed by atoms with van der Waals surface area (Å²) < 4.78 is 5.32. The lowest BCUT2D eigenvalue weighted by Gasteiger charge is -2.08. The maximum Gasteiger partial charge on any atom is 0.244 e. The molecule has 2 unspecified atom stereocenters. The molecule has 1 fully saturated rings. The molecule has 4 nitrogen and oxygen atoms in total. The van der Waals surface area contributed by atoms with Crippen molar-refractivity contribution in [1.29, 1.82) is 0 Å². The Bertz CT molecular complexity index is 465. The van der Waals surface area contributed by atoms with E-state index in [1.54, 1.807) is 11.3 Å². The minimum Gasteiger partial charge on any atom is -0.337 e. The lowest BCUT2D eigenvalue weighted by Crippen LogP contribution is -2.16. The van der Waals surface area contributed by atoms with Crippen LogP contribution in [0.25, 0.3) is 11.4 Å². The lowest BCUT2D eigenvalue weighted by molar-refractivity contribution is 0.319. The average Bonchev–Trinajstić information content (AvgIpc) is 2.96. The largest absolute Gasteiger partial charge is 0.337 e. The number of nitrogens with zero attached hydrogens (tertiary/aromatic N) is 2. The quantitative estimate of drug-likeness (QED) is 0.868. The van der Waals surface area contributed by atoms with Gasteiger partial charge in [-0.25, -0.2) is 0 Å². The molecule has 3 rings (SSSR count). The van der Waals surface area contributed by atoms with Crippen LogP contribution in [0.15, 0.2) is 21.3 Å². The van der Waals surface area contributed by atoms with Crippen molar-refractivity contribution in [2.24, 2.45) is 5.92 Å². The number of hydrogen-bond acceptors (Lipinski definition) is 5. The van der Waals surface area contributed by atoms with Crippen LogP contribution >= 0.6 is 11.3 Å². The van der Waals surface area contributed by atoms with Gasteiger partial charge in [-0.3, -0.25) is 0 Å². The lowest BCUT2D eigenvalue weighted by atomic mass is 10.0. The Labute approximate surface area is 97.7 Å². The van der Waals surface area contributed by atoms with Crippen molar-refractivity contribution < 1.29 is 4.52 Å². The van der Waals surface area contributed by atoms with E-state index >= 15 is 0 Å². The highest BCUT2D eigenvalue weighted by Gasteiger charge is 2.29. The molecule has 2 aromatic rings. The molecule has 0 radical (unpaired) electrons. The molecule has 1 aliphatic heterocycles. The third kappa shape index (κ3) is 1.66. The highest BCUT2D eigenvalue weighted by Crippen LogP contribution is 2.29. The summed E-state index contributed by atoms with van der Waals surface area (Å²) in [6.07, 6.45) is 1.17. The maximum absolute atomic E-state index is 5.32. The standard InChI is InChI=1S/C11H13N3OS/c1-7-2-4-12-9(7)11-13-10(14-15-11)8-3-5-16-6-8/h3,5-7,9,12H,2,4H2,1H3. The maximum atomic E-state index is 5.32. The third-order valence-electron chi connectivity index (χ3n) is 3.02. The first-order valence-electron chi connectivity index (χ1n) is 5.44. The van der Waals surface area contributed by atoms with Gasteiger partial charge in [0, 0.05) is 10.9 Å². The van der Waals surface area contributed by atoms with Gasteiger partial charge in [0.05, 0.1) is 6.04 Å². The van der Waals surface area contributed by atoms with Crippen LogP contribution in [0.3, 0.4) is 0 Å². The number of hydrogen-bond donors (Lipinski definition) is 1. The fourth-order valence-corrected chi connectivity index (χ4v) is 2.67. The zero-order valence-corrected chi connectivity index (χ0v) is 9.83. The van der Waals surface area contributed by atoms with E-state index in [4.69, 9.17) is 4.52 Å². The SMILES string of the molecule is CC1CCNC1c1nc(-c2ccsc2)no1. The second kappa shape index (κ2) is 3.99. The molecular formula is C11H13N3OS. The van der Waals surface area contributed by atoms with Crippen LogP contribution in [0, 0.1) is 5.92 Å². The molecule has 0 aromatic carbocycles. The van der Waals surface area contributed by atoms with E-state index in [0.29, 0.717) is 17.6 Å². The molecule has 2 atom stereocenters. The van der Waals surface area contributed by atoms with Gasteiger partial charge in [0.25, 0.3) is 0 Å². The van der Waals surface area contributed by atoms with Crippen LogP contribution in [0.1, 0.15) is 25.3 Å². The van der Waals surface area contributed by atoms with Crippen molar-refractivity contribution in [3.63, 3.8) is 0 Å². The van der Waals surface area contributed by atoms with Crippen molar-refractivity contribution in [3.8, 4) is 11.4 Å². The van der Waals surface area contributed by atoms with Crippen LogP contribution < -0.4 is 5.32 Å². The predicted octanol–water partition coefficient (Wildman–Crippen LogP) is 2.47. The van der Waals surface area contributed by atoms with Gasteiger partial charge in [-0.1, -0.05) is 12.1 Å². The summed E-state index contributed by atoms with van der Waals surface area (Å²) in [5.41, 5.74) is 1.03. The normalized spacial score (nSPS) is 25.1. The van der Waals surface area contributed by atoms with E-state index in [-0.39, 0.29) is 6.04 Å². The van der Waals surface area contributed by atoms with Crippen LogP contribution in [0.2, 0.25) is 0 Å². The third-order valence-corrected chi connectivity index (χ3v) is 3.70. The Hall–Kier alpha value is -1.20. The number of thiophene rings is 1. The molecule has 1 N–H and O–H groups in total. The molecule has 16 heavy (non-hydrogen) atoms.